The number of aromatic nitrogens is 2. The van der Waals surface area contributed by atoms with E-state index in [2.05, 4.69) is 27.5 Å². The van der Waals surface area contributed by atoms with Gasteiger partial charge in [-0.25, -0.2) is 18.7 Å². The van der Waals surface area contributed by atoms with E-state index < -0.39 is 11.6 Å². The van der Waals surface area contributed by atoms with Crippen molar-refractivity contribution in [1.29, 1.82) is 0 Å². The molecule has 0 unspecified atom stereocenters. The summed E-state index contributed by atoms with van der Waals surface area (Å²) in [6.45, 7) is 6.47. The van der Waals surface area contributed by atoms with Gasteiger partial charge in [-0.05, 0) is 32.4 Å². The first-order chi connectivity index (χ1) is 10.0. The van der Waals surface area contributed by atoms with Gasteiger partial charge in [0.1, 0.15) is 29.1 Å². The highest BCUT2D eigenvalue weighted by molar-refractivity contribution is 5.65. The van der Waals surface area contributed by atoms with E-state index in [0.717, 1.165) is 30.4 Å². The van der Waals surface area contributed by atoms with E-state index in [1.807, 2.05) is 6.92 Å². The average molecular weight is 292 g/mol. The summed E-state index contributed by atoms with van der Waals surface area (Å²) in [7, 11) is 0. The molecule has 0 fully saturated rings. The van der Waals surface area contributed by atoms with Crippen LogP contribution in [0.2, 0.25) is 0 Å². The highest BCUT2D eigenvalue weighted by atomic mass is 19.1. The Morgan fingerprint density at radius 1 is 1.10 bits per heavy atom. The van der Waals surface area contributed by atoms with Gasteiger partial charge in [0.15, 0.2) is 0 Å². The zero-order chi connectivity index (χ0) is 15.4. The second kappa shape index (κ2) is 6.47. The fourth-order valence-corrected chi connectivity index (χ4v) is 1.88. The second-order valence-corrected chi connectivity index (χ2v) is 4.77. The van der Waals surface area contributed by atoms with E-state index in [1.54, 1.807) is 6.92 Å². The standard InChI is InChI=1S/C15H18F2N4/c1-4-7-18-14-9(2)15(20-10(3)19-14)21-13-6-5-11(16)8-12(13)17/h5-6,8H,4,7H2,1-3H3,(H2,18,19,20,21). The Labute approximate surface area is 122 Å². The normalized spacial score (nSPS) is 10.5. The minimum absolute atomic E-state index is 0.180. The number of anilines is 3. The molecule has 21 heavy (non-hydrogen) atoms. The first kappa shape index (κ1) is 15.2. The van der Waals surface area contributed by atoms with Crippen LogP contribution in [0, 0.1) is 25.5 Å². The van der Waals surface area contributed by atoms with Gasteiger partial charge in [0.05, 0.1) is 5.69 Å². The molecule has 0 atom stereocenters. The molecule has 0 aliphatic rings. The molecule has 1 aromatic heterocycles. The number of nitrogens with one attached hydrogen (secondary N) is 2. The molecule has 0 spiro atoms. The molecule has 112 valence electrons. The Hall–Kier alpha value is -2.24. The lowest BCUT2D eigenvalue weighted by molar-refractivity contribution is 0.586. The summed E-state index contributed by atoms with van der Waals surface area (Å²) in [4.78, 5) is 8.61. The first-order valence-corrected chi connectivity index (χ1v) is 6.82. The Morgan fingerprint density at radius 3 is 2.48 bits per heavy atom. The third-order valence-electron chi connectivity index (χ3n) is 2.98. The Kier molecular flexibility index (Phi) is 4.67. The van der Waals surface area contributed by atoms with E-state index in [-0.39, 0.29) is 5.69 Å². The summed E-state index contributed by atoms with van der Waals surface area (Å²) in [5, 5.41) is 6.10. The van der Waals surface area contributed by atoms with Crippen LogP contribution in [0.1, 0.15) is 24.7 Å². The lowest BCUT2D eigenvalue weighted by Crippen LogP contribution is -2.09. The van der Waals surface area contributed by atoms with E-state index >= 15 is 0 Å². The van der Waals surface area contributed by atoms with E-state index in [0.29, 0.717) is 11.6 Å². The maximum absolute atomic E-state index is 13.7. The number of aryl methyl sites for hydroxylation is 1. The van der Waals surface area contributed by atoms with Gasteiger partial charge in [0, 0.05) is 18.2 Å². The molecular weight excluding hydrogens is 274 g/mol. The number of halogens is 2. The van der Waals surface area contributed by atoms with Gasteiger partial charge >= 0.3 is 0 Å². The lowest BCUT2D eigenvalue weighted by atomic mass is 10.2. The summed E-state index contributed by atoms with van der Waals surface area (Å²) >= 11 is 0. The molecule has 6 heteroatoms. The summed E-state index contributed by atoms with van der Waals surface area (Å²) in [5.41, 5.74) is 0.969. The average Bonchev–Trinajstić information content (AvgIpc) is 2.43. The molecule has 0 aliphatic carbocycles. The lowest BCUT2D eigenvalue weighted by Gasteiger charge is -2.14. The van der Waals surface area contributed by atoms with Crippen LogP contribution >= 0.6 is 0 Å². The third kappa shape index (κ3) is 3.65. The second-order valence-electron chi connectivity index (χ2n) is 4.77. The molecule has 0 aliphatic heterocycles. The molecular formula is C15H18F2N4. The SMILES string of the molecule is CCCNc1nc(C)nc(Nc2ccc(F)cc2F)c1C. The van der Waals surface area contributed by atoms with Crippen molar-refractivity contribution in [3.05, 3.63) is 41.2 Å². The molecule has 0 saturated heterocycles. The summed E-state index contributed by atoms with van der Waals surface area (Å²) in [6.07, 6.45) is 0.970. The van der Waals surface area contributed by atoms with Crippen molar-refractivity contribution in [2.75, 3.05) is 17.2 Å². The third-order valence-corrected chi connectivity index (χ3v) is 2.98. The van der Waals surface area contributed by atoms with Gasteiger partial charge in [-0.3, -0.25) is 0 Å². The molecule has 4 nitrogen and oxygen atoms in total. The number of benzene rings is 1. The Balaban J connectivity index is 2.32. The molecule has 2 N–H and O–H groups in total. The predicted octanol–water partition coefficient (Wildman–Crippen LogP) is 3.94. The number of nitrogens with zero attached hydrogens (tertiary/aromatic N) is 2. The number of hydrogen-bond donors (Lipinski definition) is 2. The monoisotopic (exact) mass is 292 g/mol. The van der Waals surface area contributed by atoms with Crippen LogP contribution < -0.4 is 10.6 Å². The van der Waals surface area contributed by atoms with Gasteiger partial charge in [-0.2, -0.15) is 0 Å². The maximum atomic E-state index is 13.7. The van der Waals surface area contributed by atoms with Gasteiger partial charge in [-0.15, -0.1) is 0 Å². The van der Waals surface area contributed by atoms with Crippen molar-refractivity contribution in [2.24, 2.45) is 0 Å². The molecule has 0 radical (unpaired) electrons. The van der Waals surface area contributed by atoms with Crippen molar-refractivity contribution in [1.82, 2.24) is 9.97 Å². The van der Waals surface area contributed by atoms with E-state index in [4.69, 9.17) is 0 Å². The van der Waals surface area contributed by atoms with Crippen molar-refractivity contribution in [3.63, 3.8) is 0 Å². The Morgan fingerprint density at radius 2 is 1.81 bits per heavy atom. The minimum Gasteiger partial charge on any atom is -0.370 e. The zero-order valence-electron chi connectivity index (χ0n) is 12.3. The fourth-order valence-electron chi connectivity index (χ4n) is 1.88. The van der Waals surface area contributed by atoms with Crippen LogP contribution in [-0.2, 0) is 0 Å². The molecule has 1 aromatic carbocycles. The van der Waals surface area contributed by atoms with Crippen molar-refractivity contribution in [3.8, 4) is 0 Å². The van der Waals surface area contributed by atoms with Crippen LogP contribution in [0.3, 0.4) is 0 Å². The molecule has 0 bridgehead atoms. The molecule has 2 rings (SSSR count). The highest BCUT2D eigenvalue weighted by Gasteiger charge is 2.11. The van der Waals surface area contributed by atoms with Crippen LogP contribution in [0.25, 0.3) is 0 Å². The Bertz CT molecular complexity index is 644. The minimum atomic E-state index is -0.659. The topological polar surface area (TPSA) is 49.8 Å². The summed E-state index contributed by atoms with van der Waals surface area (Å²) in [6, 6.07) is 3.38. The fraction of sp³-hybridized carbons (Fsp3) is 0.333. The number of hydrogen-bond acceptors (Lipinski definition) is 4. The van der Waals surface area contributed by atoms with E-state index in [1.165, 1.54) is 12.1 Å². The zero-order valence-corrected chi connectivity index (χ0v) is 12.3. The van der Waals surface area contributed by atoms with Crippen LogP contribution in [0.15, 0.2) is 18.2 Å². The molecule has 2 aromatic rings. The molecule has 0 amide bonds. The van der Waals surface area contributed by atoms with Crippen molar-refractivity contribution in [2.45, 2.75) is 27.2 Å². The van der Waals surface area contributed by atoms with Crippen molar-refractivity contribution >= 4 is 17.3 Å². The quantitative estimate of drug-likeness (QED) is 0.876. The van der Waals surface area contributed by atoms with Gasteiger partial charge in [0.25, 0.3) is 0 Å². The van der Waals surface area contributed by atoms with Gasteiger partial charge < -0.3 is 10.6 Å². The van der Waals surface area contributed by atoms with Crippen LogP contribution in [0.4, 0.5) is 26.1 Å². The largest absolute Gasteiger partial charge is 0.370 e. The summed E-state index contributed by atoms with van der Waals surface area (Å²) < 4.78 is 26.6. The molecule has 0 saturated carbocycles. The summed E-state index contributed by atoms with van der Waals surface area (Å²) in [5.74, 6) is 0.526. The first-order valence-electron chi connectivity index (χ1n) is 6.82. The van der Waals surface area contributed by atoms with Crippen LogP contribution in [-0.4, -0.2) is 16.5 Å². The van der Waals surface area contributed by atoms with E-state index in [9.17, 15) is 8.78 Å². The van der Waals surface area contributed by atoms with Gasteiger partial charge in [0.2, 0.25) is 0 Å². The van der Waals surface area contributed by atoms with Crippen LogP contribution in [0.5, 0.6) is 0 Å². The molecule has 1 heterocycles. The smallest absolute Gasteiger partial charge is 0.149 e. The highest BCUT2D eigenvalue weighted by Crippen LogP contribution is 2.25. The number of rotatable bonds is 5. The maximum Gasteiger partial charge on any atom is 0.149 e. The van der Waals surface area contributed by atoms with Crippen molar-refractivity contribution < 1.29 is 8.78 Å². The van der Waals surface area contributed by atoms with Gasteiger partial charge in [-0.1, -0.05) is 6.92 Å². The predicted molar refractivity (Wildman–Crippen MR) is 79.9 cm³/mol.